The molecule has 4 aliphatic carbocycles. The first-order valence-electron chi connectivity index (χ1n) is 14.0. The summed E-state index contributed by atoms with van der Waals surface area (Å²) in [5.74, 6) is -3.88. The number of Topliss-reactive ketones (excluding diaryl/α,β-unsaturated/α-hetero) is 2. The van der Waals surface area contributed by atoms with Gasteiger partial charge in [-0.05, 0) is 86.3 Å². The first-order chi connectivity index (χ1) is 19.1. The monoisotopic (exact) mass is 592 g/mol. The average molecular weight is 593 g/mol. The van der Waals surface area contributed by atoms with Gasteiger partial charge in [-0.15, -0.1) is 0 Å². The molecule has 41 heavy (non-hydrogen) atoms. The van der Waals surface area contributed by atoms with E-state index in [0.717, 1.165) is 31.4 Å². The van der Waals surface area contributed by atoms with Crippen molar-refractivity contribution in [1.82, 2.24) is 0 Å². The van der Waals surface area contributed by atoms with Crippen LogP contribution in [0.5, 0.6) is 0 Å². The molecule has 1 aromatic carbocycles. The Kier molecular flexibility index (Phi) is 7.24. The number of benzene rings is 1. The summed E-state index contributed by atoms with van der Waals surface area (Å²) in [4.78, 5) is 51.7. The highest BCUT2D eigenvalue weighted by Gasteiger charge is 2.71. The number of hydrogen-bond acceptors (Lipinski definition) is 9. The summed E-state index contributed by atoms with van der Waals surface area (Å²) < 4.78 is 38.9. The van der Waals surface area contributed by atoms with Gasteiger partial charge in [0.15, 0.2) is 5.60 Å². The highest BCUT2D eigenvalue weighted by atomic mass is 32.2. The van der Waals surface area contributed by atoms with E-state index >= 15 is 0 Å². The van der Waals surface area contributed by atoms with Gasteiger partial charge in [-0.2, -0.15) is 8.42 Å². The quantitative estimate of drug-likeness (QED) is 0.280. The van der Waals surface area contributed by atoms with Crippen molar-refractivity contribution in [3.8, 4) is 0 Å². The maximum Gasteiger partial charge on any atom is 0.339 e. The second-order valence-electron chi connectivity index (χ2n) is 12.9. The number of aliphatic hydroxyl groups is 2. The van der Waals surface area contributed by atoms with Gasteiger partial charge in [0.2, 0.25) is 5.78 Å². The van der Waals surface area contributed by atoms with Crippen LogP contribution < -0.4 is 0 Å². The summed E-state index contributed by atoms with van der Waals surface area (Å²) in [5, 5.41) is 29.7. The maximum atomic E-state index is 14.0. The number of carbonyl (C=O) groups excluding carboxylic acids is 3. The second kappa shape index (κ2) is 9.96. The van der Waals surface area contributed by atoms with Crippen LogP contribution in [-0.2, 0) is 24.4 Å². The molecule has 4 aliphatic rings. The summed E-state index contributed by atoms with van der Waals surface area (Å²) >= 11 is 0. The molecular formula is C29H36O11S. The molecule has 4 saturated carbocycles. The van der Waals surface area contributed by atoms with Gasteiger partial charge in [-0.1, -0.05) is 13.8 Å². The summed E-state index contributed by atoms with van der Waals surface area (Å²) in [5.41, 5.74) is -4.45. The van der Waals surface area contributed by atoms with Gasteiger partial charge in [0, 0.05) is 17.8 Å². The van der Waals surface area contributed by atoms with Crippen LogP contribution in [0.2, 0.25) is 0 Å². The Balaban J connectivity index is 1.53. The minimum absolute atomic E-state index is 0.0352. The lowest BCUT2D eigenvalue weighted by atomic mass is 9.44. The number of carbonyl (C=O) groups is 4. The van der Waals surface area contributed by atoms with E-state index in [9.17, 15) is 47.5 Å². The SMILES string of the molecule is C[C@]12CC[C@@H](O)C[C@H]1CC[C@@H]1[C@@H]2C(=O)C[C@@]2(C)[C@H]1CC[C@]2(OC(=O)c1cc(C(=O)O)cc(S(=O)(=O)O)c1)C(=O)CO. The van der Waals surface area contributed by atoms with Crippen LogP contribution in [0.3, 0.4) is 0 Å². The molecule has 0 heterocycles. The highest BCUT2D eigenvalue weighted by Crippen LogP contribution is 2.68. The molecular weight excluding hydrogens is 556 g/mol. The Morgan fingerprint density at radius 2 is 1.71 bits per heavy atom. The van der Waals surface area contributed by atoms with E-state index in [1.54, 1.807) is 6.92 Å². The Morgan fingerprint density at radius 1 is 1.02 bits per heavy atom. The first-order valence-corrected chi connectivity index (χ1v) is 15.5. The summed E-state index contributed by atoms with van der Waals surface area (Å²) in [6.45, 7) is 2.90. The molecule has 0 aromatic heterocycles. The number of esters is 1. The van der Waals surface area contributed by atoms with E-state index in [0.29, 0.717) is 25.3 Å². The van der Waals surface area contributed by atoms with E-state index in [4.69, 9.17) is 4.74 Å². The van der Waals surface area contributed by atoms with Crippen LogP contribution in [0.1, 0.15) is 85.9 Å². The topological polar surface area (TPSA) is 193 Å². The zero-order chi connectivity index (χ0) is 30.1. The van der Waals surface area contributed by atoms with E-state index in [1.807, 2.05) is 0 Å². The average Bonchev–Trinajstić information content (AvgIpc) is 3.19. The van der Waals surface area contributed by atoms with Crippen LogP contribution in [-0.4, -0.2) is 70.1 Å². The minimum atomic E-state index is -4.89. The molecule has 8 atom stereocenters. The standard InChI is InChI=1S/C29H36O11S/c1-27-7-5-18(31)12-17(27)3-4-20-21-6-8-29(23(33)14-30,28(21,2)13-22(32)24(20)27)40-26(36)16-9-15(25(34)35)10-19(11-16)41(37,38)39/h9-11,17-18,20-21,24,30-31H,3-8,12-14H2,1-2H3,(H,34,35)(H,37,38,39)/t17-,18-,20+,21+,24-,27+,28+,29+/m1/s1. The van der Waals surface area contributed by atoms with Crippen LogP contribution in [0.4, 0.5) is 0 Å². The fourth-order valence-corrected chi connectivity index (χ4v) is 9.61. The number of ether oxygens (including phenoxy) is 1. The fourth-order valence-electron chi connectivity index (χ4n) is 9.05. The van der Waals surface area contributed by atoms with Gasteiger partial charge in [0.05, 0.1) is 22.1 Å². The summed E-state index contributed by atoms with van der Waals surface area (Å²) in [7, 11) is -4.89. The van der Waals surface area contributed by atoms with E-state index in [2.05, 4.69) is 6.92 Å². The Labute approximate surface area is 238 Å². The molecule has 0 radical (unpaired) electrons. The van der Waals surface area contributed by atoms with Gasteiger partial charge < -0.3 is 20.1 Å². The van der Waals surface area contributed by atoms with Crippen LogP contribution in [0.25, 0.3) is 0 Å². The maximum absolute atomic E-state index is 14.0. The number of fused-ring (bicyclic) bond motifs is 5. The fraction of sp³-hybridized carbons (Fsp3) is 0.655. The van der Waals surface area contributed by atoms with Gasteiger partial charge in [0.1, 0.15) is 12.4 Å². The molecule has 0 unspecified atom stereocenters. The zero-order valence-corrected chi connectivity index (χ0v) is 23.9. The lowest BCUT2D eigenvalue weighted by Gasteiger charge is -2.60. The van der Waals surface area contributed by atoms with Crippen molar-refractivity contribution < 1.29 is 52.2 Å². The van der Waals surface area contributed by atoms with Crippen LogP contribution in [0, 0.1) is 34.5 Å². The number of aromatic carboxylic acids is 1. The molecule has 4 N–H and O–H groups in total. The van der Waals surface area contributed by atoms with Crippen molar-refractivity contribution in [2.45, 2.75) is 81.8 Å². The van der Waals surface area contributed by atoms with Crippen molar-refractivity contribution in [2.24, 2.45) is 34.5 Å². The van der Waals surface area contributed by atoms with Gasteiger partial charge in [-0.3, -0.25) is 14.1 Å². The van der Waals surface area contributed by atoms with Crippen LogP contribution >= 0.6 is 0 Å². The number of ketones is 2. The molecule has 11 nitrogen and oxygen atoms in total. The predicted octanol–water partition coefficient (Wildman–Crippen LogP) is 2.67. The third kappa shape index (κ3) is 4.54. The number of aliphatic hydroxyl groups excluding tert-OH is 2. The van der Waals surface area contributed by atoms with Gasteiger partial charge in [0.25, 0.3) is 10.1 Å². The molecule has 224 valence electrons. The Bertz CT molecular complexity index is 1420. The Hall–Kier alpha value is -2.67. The lowest BCUT2D eigenvalue weighted by Crippen LogP contribution is -2.63. The smallest absolute Gasteiger partial charge is 0.339 e. The largest absolute Gasteiger partial charge is 0.478 e. The number of hydrogen-bond donors (Lipinski definition) is 4. The summed E-state index contributed by atoms with van der Waals surface area (Å²) in [6, 6.07) is 2.34. The molecule has 5 rings (SSSR count). The predicted molar refractivity (Wildman–Crippen MR) is 142 cm³/mol. The zero-order valence-electron chi connectivity index (χ0n) is 23.0. The van der Waals surface area contributed by atoms with Gasteiger partial charge in [-0.25, -0.2) is 9.59 Å². The molecule has 12 heteroatoms. The van der Waals surface area contributed by atoms with E-state index < -0.39 is 61.5 Å². The lowest BCUT2D eigenvalue weighted by molar-refractivity contribution is -0.180. The molecule has 4 fully saturated rings. The molecule has 0 spiro atoms. The normalized spacial score (nSPS) is 38.4. The molecule has 1 aromatic rings. The molecule has 0 bridgehead atoms. The third-order valence-corrected chi connectivity index (χ3v) is 11.8. The second-order valence-corrected chi connectivity index (χ2v) is 14.3. The molecule has 0 aliphatic heterocycles. The first kappa shape index (κ1) is 29.8. The van der Waals surface area contributed by atoms with Crippen molar-refractivity contribution in [2.75, 3.05) is 6.61 Å². The number of rotatable bonds is 6. The molecule has 0 saturated heterocycles. The van der Waals surface area contributed by atoms with Crippen LogP contribution in [0.15, 0.2) is 23.1 Å². The third-order valence-electron chi connectivity index (χ3n) is 11.0. The molecule has 0 amide bonds. The van der Waals surface area contributed by atoms with E-state index in [-0.39, 0.29) is 53.8 Å². The summed E-state index contributed by atoms with van der Waals surface area (Å²) in [6.07, 6.45) is 3.61. The van der Waals surface area contributed by atoms with Crippen molar-refractivity contribution >= 4 is 33.6 Å². The highest BCUT2D eigenvalue weighted by molar-refractivity contribution is 7.85. The van der Waals surface area contributed by atoms with E-state index in [1.165, 1.54) is 0 Å². The minimum Gasteiger partial charge on any atom is -0.478 e. The van der Waals surface area contributed by atoms with Crippen molar-refractivity contribution in [1.29, 1.82) is 0 Å². The Morgan fingerprint density at radius 3 is 2.34 bits per heavy atom. The van der Waals surface area contributed by atoms with Gasteiger partial charge >= 0.3 is 11.9 Å². The van der Waals surface area contributed by atoms with Crippen molar-refractivity contribution in [3.63, 3.8) is 0 Å². The number of carboxylic acids is 1. The van der Waals surface area contributed by atoms with Crippen molar-refractivity contribution in [3.05, 3.63) is 29.3 Å². The number of carboxylic acid groups (broad SMARTS) is 1.